The molecule has 1 aliphatic heterocycles. The van der Waals surface area contributed by atoms with Gasteiger partial charge in [-0.15, -0.1) is 0 Å². The Morgan fingerprint density at radius 1 is 1.33 bits per heavy atom. The fraction of sp³-hybridized carbons (Fsp3) is 0.250. The second-order valence-corrected chi connectivity index (χ2v) is 4.91. The molecule has 0 aliphatic carbocycles. The summed E-state index contributed by atoms with van der Waals surface area (Å²) >= 11 is 0. The molecule has 0 bridgehead atoms. The number of pyridine rings is 1. The van der Waals surface area contributed by atoms with Crippen molar-refractivity contribution in [2.45, 2.75) is 6.42 Å². The number of nitrogens with zero attached hydrogens (tertiary/aromatic N) is 2. The minimum Gasteiger partial charge on any atom is -0.489 e. The summed E-state index contributed by atoms with van der Waals surface area (Å²) in [6, 6.07) is 9.21. The van der Waals surface area contributed by atoms with E-state index in [1.54, 1.807) is 18.3 Å². The van der Waals surface area contributed by atoms with E-state index in [4.69, 9.17) is 4.74 Å². The lowest BCUT2D eigenvalue weighted by atomic mass is 10.1. The number of para-hydroxylation sites is 1. The van der Waals surface area contributed by atoms with Gasteiger partial charge in [-0.1, -0.05) is 12.1 Å². The van der Waals surface area contributed by atoms with Crippen LogP contribution in [0.5, 0.6) is 5.75 Å². The first-order chi connectivity index (χ1) is 10.3. The molecule has 0 spiro atoms. The molecule has 1 aliphatic rings. The van der Waals surface area contributed by atoms with Gasteiger partial charge < -0.3 is 14.7 Å². The van der Waals surface area contributed by atoms with E-state index < -0.39 is 5.97 Å². The van der Waals surface area contributed by atoms with Crippen molar-refractivity contribution < 1.29 is 14.6 Å². The van der Waals surface area contributed by atoms with Gasteiger partial charge in [0.25, 0.3) is 0 Å². The smallest absolute Gasteiger partial charge is 0.339 e. The second-order valence-electron chi connectivity index (χ2n) is 4.91. The number of anilines is 1. The van der Waals surface area contributed by atoms with Crippen LogP contribution in [0.1, 0.15) is 15.9 Å². The van der Waals surface area contributed by atoms with Crippen LogP contribution >= 0.6 is 0 Å². The maximum atomic E-state index is 11.3. The quantitative estimate of drug-likeness (QED) is 0.932. The molecule has 1 N–H and O–H groups in total. The molecular weight excluding hydrogens is 268 g/mol. The molecule has 0 fully saturated rings. The number of carboxylic acids is 1. The Bertz CT molecular complexity index is 643. The van der Waals surface area contributed by atoms with Crippen LogP contribution in [0.15, 0.2) is 42.7 Å². The molecule has 5 heteroatoms. The second kappa shape index (κ2) is 5.83. The number of fused-ring (bicyclic) bond motifs is 1. The van der Waals surface area contributed by atoms with Crippen molar-refractivity contribution >= 4 is 11.7 Å². The van der Waals surface area contributed by atoms with Crippen molar-refractivity contribution in [3.05, 3.63) is 53.9 Å². The molecule has 5 nitrogen and oxygen atoms in total. The van der Waals surface area contributed by atoms with Crippen LogP contribution in [0.2, 0.25) is 0 Å². The lowest BCUT2D eigenvalue weighted by Gasteiger charge is -2.32. The third-order valence-electron chi connectivity index (χ3n) is 3.57. The Balaban J connectivity index is 1.81. The summed E-state index contributed by atoms with van der Waals surface area (Å²) in [7, 11) is 0. The van der Waals surface area contributed by atoms with E-state index in [0.29, 0.717) is 12.4 Å². The van der Waals surface area contributed by atoms with E-state index in [1.165, 1.54) is 5.56 Å². The zero-order valence-electron chi connectivity index (χ0n) is 11.5. The van der Waals surface area contributed by atoms with Gasteiger partial charge in [0, 0.05) is 18.9 Å². The van der Waals surface area contributed by atoms with Crippen molar-refractivity contribution in [2.75, 3.05) is 24.6 Å². The molecule has 0 amide bonds. The van der Waals surface area contributed by atoms with Crippen LogP contribution in [0.4, 0.5) is 5.69 Å². The Morgan fingerprint density at radius 3 is 3.00 bits per heavy atom. The van der Waals surface area contributed by atoms with Crippen molar-refractivity contribution in [1.82, 2.24) is 4.98 Å². The number of carbonyl (C=O) groups is 1. The van der Waals surface area contributed by atoms with Crippen LogP contribution in [-0.4, -0.2) is 35.8 Å². The van der Waals surface area contributed by atoms with E-state index >= 15 is 0 Å². The number of hydrogen-bond donors (Lipinski definition) is 1. The Labute approximate surface area is 122 Å². The molecule has 0 atom stereocenters. The highest BCUT2D eigenvalue weighted by Crippen LogP contribution is 2.34. The van der Waals surface area contributed by atoms with Crippen molar-refractivity contribution in [3.8, 4) is 5.75 Å². The molecule has 0 saturated heterocycles. The van der Waals surface area contributed by atoms with Crippen LogP contribution in [0, 0.1) is 0 Å². The highest BCUT2D eigenvalue weighted by atomic mass is 16.5. The maximum Gasteiger partial charge on any atom is 0.339 e. The number of carboxylic acid groups (broad SMARTS) is 1. The average molecular weight is 284 g/mol. The molecule has 0 saturated carbocycles. The van der Waals surface area contributed by atoms with Crippen LogP contribution in [0.3, 0.4) is 0 Å². The Morgan fingerprint density at radius 2 is 2.24 bits per heavy atom. The number of ether oxygens (including phenoxy) is 1. The van der Waals surface area contributed by atoms with Crippen molar-refractivity contribution in [1.29, 1.82) is 0 Å². The summed E-state index contributed by atoms with van der Waals surface area (Å²) < 4.78 is 5.56. The number of hydrogen-bond acceptors (Lipinski definition) is 4. The fourth-order valence-corrected chi connectivity index (χ4v) is 2.51. The summed E-state index contributed by atoms with van der Waals surface area (Å²) in [5, 5.41) is 9.23. The van der Waals surface area contributed by atoms with Gasteiger partial charge in [0.15, 0.2) is 5.75 Å². The first-order valence-electron chi connectivity index (χ1n) is 6.88. The highest BCUT2D eigenvalue weighted by molar-refractivity contribution is 5.93. The minimum atomic E-state index is -0.957. The first kappa shape index (κ1) is 13.4. The van der Waals surface area contributed by atoms with Gasteiger partial charge in [-0.25, -0.2) is 4.79 Å². The monoisotopic (exact) mass is 284 g/mol. The third kappa shape index (κ3) is 2.81. The van der Waals surface area contributed by atoms with Crippen molar-refractivity contribution in [3.63, 3.8) is 0 Å². The molecule has 0 radical (unpaired) electrons. The maximum absolute atomic E-state index is 11.3. The zero-order chi connectivity index (χ0) is 14.7. The third-order valence-corrected chi connectivity index (χ3v) is 3.57. The molecule has 21 heavy (non-hydrogen) atoms. The van der Waals surface area contributed by atoms with Gasteiger partial charge in [0.2, 0.25) is 0 Å². The lowest BCUT2D eigenvalue weighted by Crippen LogP contribution is -2.35. The van der Waals surface area contributed by atoms with Crippen LogP contribution in [-0.2, 0) is 6.42 Å². The van der Waals surface area contributed by atoms with E-state index in [2.05, 4.69) is 9.88 Å². The highest BCUT2D eigenvalue weighted by Gasteiger charge is 2.23. The number of aromatic carboxylic acids is 1. The minimum absolute atomic E-state index is 0.221. The summed E-state index contributed by atoms with van der Waals surface area (Å²) in [5.74, 6) is -0.483. The van der Waals surface area contributed by atoms with E-state index in [1.807, 2.05) is 24.4 Å². The van der Waals surface area contributed by atoms with E-state index in [0.717, 1.165) is 25.2 Å². The van der Waals surface area contributed by atoms with Gasteiger partial charge in [0.05, 0.1) is 12.2 Å². The number of benzene rings is 1. The largest absolute Gasteiger partial charge is 0.489 e. The Kier molecular flexibility index (Phi) is 3.73. The molecule has 0 unspecified atom stereocenters. The van der Waals surface area contributed by atoms with E-state index in [-0.39, 0.29) is 5.56 Å². The lowest BCUT2D eigenvalue weighted by molar-refractivity contribution is 0.0692. The zero-order valence-corrected chi connectivity index (χ0v) is 11.5. The first-order valence-corrected chi connectivity index (χ1v) is 6.88. The Hall–Kier alpha value is -2.56. The van der Waals surface area contributed by atoms with Gasteiger partial charge in [0.1, 0.15) is 12.2 Å². The van der Waals surface area contributed by atoms with Gasteiger partial charge in [-0.2, -0.15) is 0 Å². The topological polar surface area (TPSA) is 62.7 Å². The molecule has 1 aromatic carbocycles. The molecular formula is C16H16N2O3. The summed E-state index contributed by atoms with van der Waals surface area (Å²) in [6.07, 6.45) is 4.48. The summed E-state index contributed by atoms with van der Waals surface area (Å²) in [4.78, 5) is 17.5. The number of rotatable bonds is 4. The summed E-state index contributed by atoms with van der Waals surface area (Å²) in [6.45, 7) is 2.08. The van der Waals surface area contributed by atoms with Crippen LogP contribution in [0.25, 0.3) is 0 Å². The van der Waals surface area contributed by atoms with Crippen LogP contribution < -0.4 is 9.64 Å². The van der Waals surface area contributed by atoms with Gasteiger partial charge in [-0.05, 0) is 30.2 Å². The molecule has 2 aromatic rings. The molecule has 3 rings (SSSR count). The number of aromatic nitrogens is 1. The SMILES string of the molecule is O=C(O)c1cccc2c1OCCN2CCc1cccnc1. The summed E-state index contributed by atoms with van der Waals surface area (Å²) in [5.41, 5.74) is 2.24. The standard InChI is InChI=1S/C16H16N2O3/c19-16(20)13-4-1-5-14-15(13)21-10-9-18(14)8-6-12-3-2-7-17-11-12/h1-5,7,11H,6,8-10H2,(H,19,20). The molecule has 2 heterocycles. The molecule has 108 valence electrons. The normalized spacial score (nSPS) is 13.4. The van der Waals surface area contributed by atoms with Gasteiger partial charge in [-0.3, -0.25) is 4.98 Å². The fourth-order valence-electron chi connectivity index (χ4n) is 2.51. The predicted molar refractivity (Wildman–Crippen MR) is 79.1 cm³/mol. The predicted octanol–water partition coefficient (Wildman–Crippen LogP) is 2.22. The van der Waals surface area contributed by atoms with Crippen molar-refractivity contribution in [2.24, 2.45) is 0 Å². The molecule has 1 aromatic heterocycles. The van der Waals surface area contributed by atoms with Gasteiger partial charge >= 0.3 is 5.97 Å². The van der Waals surface area contributed by atoms with E-state index in [9.17, 15) is 9.90 Å². The average Bonchev–Trinajstić information content (AvgIpc) is 2.53.